The van der Waals surface area contributed by atoms with E-state index in [2.05, 4.69) is 5.16 Å². The Morgan fingerprint density at radius 2 is 2.29 bits per heavy atom. The molecule has 0 unspecified atom stereocenters. The second kappa shape index (κ2) is 3.59. The summed E-state index contributed by atoms with van der Waals surface area (Å²) in [5.41, 5.74) is 0.613. The number of benzene rings is 1. The number of rotatable bonds is 1. The van der Waals surface area contributed by atoms with Crippen molar-refractivity contribution in [2.75, 3.05) is 0 Å². The first kappa shape index (κ1) is 9.49. The summed E-state index contributed by atoms with van der Waals surface area (Å²) in [7, 11) is 0. The molecule has 0 amide bonds. The van der Waals surface area contributed by atoms with Crippen molar-refractivity contribution >= 4 is 38.7 Å². The van der Waals surface area contributed by atoms with Crippen LogP contribution in [0.15, 0.2) is 29.4 Å². The standard InChI is InChI=1S/C10H8ClNOS/c1-6(12-13)10-5-7-8(11)3-2-4-9(7)14-10/h2-5,13H,1H3/b12-6+. The molecule has 1 N–H and O–H groups in total. The minimum atomic E-state index is 0.613. The molecular formula is C10H8ClNOS. The van der Waals surface area contributed by atoms with E-state index in [-0.39, 0.29) is 0 Å². The molecule has 0 aliphatic rings. The summed E-state index contributed by atoms with van der Waals surface area (Å²) in [5, 5.41) is 13.6. The number of oxime groups is 1. The van der Waals surface area contributed by atoms with Crippen LogP contribution in [0, 0.1) is 0 Å². The van der Waals surface area contributed by atoms with Crippen LogP contribution in [-0.4, -0.2) is 10.9 Å². The van der Waals surface area contributed by atoms with Crippen LogP contribution < -0.4 is 0 Å². The monoisotopic (exact) mass is 225 g/mol. The van der Waals surface area contributed by atoms with E-state index in [9.17, 15) is 0 Å². The first-order valence-electron chi connectivity index (χ1n) is 4.09. The number of fused-ring (bicyclic) bond motifs is 1. The largest absolute Gasteiger partial charge is 0.411 e. The third-order valence-corrected chi connectivity index (χ3v) is 3.55. The summed E-state index contributed by atoms with van der Waals surface area (Å²) in [4.78, 5) is 0.940. The van der Waals surface area contributed by atoms with Crippen LogP contribution in [0.4, 0.5) is 0 Å². The zero-order valence-electron chi connectivity index (χ0n) is 7.49. The number of hydrogen-bond acceptors (Lipinski definition) is 3. The van der Waals surface area contributed by atoms with Crippen LogP contribution in [-0.2, 0) is 0 Å². The summed E-state index contributed by atoms with van der Waals surface area (Å²) in [5.74, 6) is 0. The van der Waals surface area contributed by atoms with Gasteiger partial charge in [-0.2, -0.15) is 0 Å². The smallest absolute Gasteiger partial charge is 0.0936 e. The molecule has 2 aromatic rings. The minimum absolute atomic E-state index is 0.613. The molecule has 0 spiro atoms. The molecule has 0 aliphatic carbocycles. The molecule has 1 heterocycles. The van der Waals surface area contributed by atoms with Crippen molar-refractivity contribution in [2.24, 2.45) is 5.16 Å². The molecule has 0 radical (unpaired) electrons. The number of hydrogen-bond donors (Lipinski definition) is 1. The molecule has 0 bridgehead atoms. The van der Waals surface area contributed by atoms with Gasteiger partial charge in [0.25, 0.3) is 0 Å². The molecule has 0 fully saturated rings. The Morgan fingerprint density at radius 3 is 2.93 bits per heavy atom. The number of thiophene rings is 1. The Kier molecular flexibility index (Phi) is 2.44. The quantitative estimate of drug-likeness (QED) is 0.448. The zero-order chi connectivity index (χ0) is 10.1. The molecule has 2 nitrogen and oxygen atoms in total. The third-order valence-electron chi connectivity index (χ3n) is 2.01. The van der Waals surface area contributed by atoms with Crippen molar-refractivity contribution in [1.82, 2.24) is 0 Å². The van der Waals surface area contributed by atoms with Crippen LogP contribution in [0.25, 0.3) is 10.1 Å². The van der Waals surface area contributed by atoms with E-state index < -0.39 is 0 Å². The average Bonchev–Trinajstić information content (AvgIpc) is 2.62. The van der Waals surface area contributed by atoms with Gasteiger partial charge in [0.2, 0.25) is 0 Å². The first-order chi connectivity index (χ1) is 6.72. The van der Waals surface area contributed by atoms with Crippen LogP contribution in [0.2, 0.25) is 5.02 Å². The van der Waals surface area contributed by atoms with E-state index in [0.29, 0.717) is 5.71 Å². The Bertz CT molecular complexity index is 504. The molecule has 14 heavy (non-hydrogen) atoms. The molecule has 1 aromatic heterocycles. The zero-order valence-corrected chi connectivity index (χ0v) is 9.06. The van der Waals surface area contributed by atoms with Crippen LogP contribution >= 0.6 is 22.9 Å². The Balaban J connectivity index is 2.68. The minimum Gasteiger partial charge on any atom is -0.411 e. The fourth-order valence-electron chi connectivity index (χ4n) is 1.25. The summed E-state index contributed by atoms with van der Waals surface area (Å²) in [6.07, 6.45) is 0. The average molecular weight is 226 g/mol. The molecule has 0 atom stereocenters. The summed E-state index contributed by atoms with van der Waals surface area (Å²) in [6, 6.07) is 7.71. The molecular weight excluding hydrogens is 218 g/mol. The highest BCUT2D eigenvalue weighted by atomic mass is 35.5. The molecule has 0 saturated carbocycles. The number of nitrogens with zero attached hydrogens (tertiary/aromatic N) is 1. The van der Waals surface area contributed by atoms with Gasteiger partial charge in [0.1, 0.15) is 0 Å². The van der Waals surface area contributed by atoms with Gasteiger partial charge < -0.3 is 5.21 Å². The third kappa shape index (κ3) is 1.49. The van der Waals surface area contributed by atoms with Gasteiger partial charge in [-0.1, -0.05) is 22.8 Å². The lowest BCUT2D eigenvalue weighted by molar-refractivity contribution is 0.319. The summed E-state index contributed by atoms with van der Waals surface area (Å²) < 4.78 is 1.11. The lowest BCUT2D eigenvalue weighted by Crippen LogP contribution is -1.87. The van der Waals surface area contributed by atoms with Crippen molar-refractivity contribution in [1.29, 1.82) is 0 Å². The highest BCUT2D eigenvalue weighted by Crippen LogP contribution is 2.31. The Labute approximate surface area is 90.4 Å². The molecule has 1 aromatic carbocycles. The predicted octanol–water partition coefficient (Wildman–Crippen LogP) is 3.75. The van der Waals surface area contributed by atoms with E-state index >= 15 is 0 Å². The molecule has 72 valence electrons. The molecule has 0 aliphatic heterocycles. The van der Waals surface area contributed by atoms with Gasteiger partial charge in [0, 0.05) is 15.1 Å². The second-order valence-electron chi connectivity index (χ2n) is 2.95. The Morgan fingerprint density at radius 1 is 1.50 bits per heavy atom. The lowest BCUT2D eigenvalue weighted by Gasteiger charge is -1.89. The van der Waals surface area contributed by atoms with E-state index in [1.165, 1.54) is 0 Å². The first-order valence-corrected chi connectivity index (χ1v) is 5.29. The van der Waals surface area contributed by atoms with E-state index in [1.54, 1.807) is 18.3 Å². The van der Waals surface area contributed by atoms with Crippen molar-refractivity contribution in [3.8, 4) is 0 Å². The van der Waals surface area contributed by atoms with E-state index in [4.69, 9.17) is 16.8 Å². The topological polar surface area (TPSA) is 32.6 Å². The lowest BCUT2D eigenvalue weighted by atomic mass is 10.2. The fourth-order valence-corrected chi connectivity index (χ4v) is 2.57. The van der Waals surface area contributed by atoms with Gasteiger partial charge in [-0.15, -0.1) is 11.3 Å². The van der Waals surface area contributed by atoms with Crippen molar-refractivity contribution in [3.63, 3.8) is 0 Å². The second-order valence-corrected chi connectivity index (χ2v) is 4.44. The highest BCUT2D eigenvalue weighted by Gasteiger charge is 2.06. The SMILES string of the molecule is C/C(=N\O)c1cc2c(Cl)cccc2s1. The van der Waals surface area contributed by atoms with Gasteiger partial charge in [0.05, 0.1) is 10.6 Å². The maximum absolute atomic E-state index is 8.64. The maximum atomic E-state index is 8.64. The van der Waals surface area contributed by atoms with Crippen LogP contribution in [0.3, 0.4) is 0 Å². The highest BCUT2D eigenvalue weighted by molar-refractivity contribution is 7.21. The van der Waals surface area contributed by atoms with Crippen LogP contribution in [0.5, 0.6) is 0 Å². The number of halogens is 1. The van der Waals surface area contributed by atoms with Crippen LogP contribution in [0.1, 0.15) is 11.8 Å². The van der Waals surface area contributed by atoms with Gasteiger partial charge >= 0.3 is 0 Å². The van der Waals surface area contributed by atoms with Crippen molar-refractivity contribution in [2.45, 2.75) is 6.92 Å². The van der Waals surface area contributed by atoms with E-state index in [1.807, 2.05) is 24.3 Å². The van der Waals surface area contributed by atoms with Crippen molar-refractivity contribution < 1.29 is 5.21 Å². The van der Waals surface area contributed by atoms with E-state index in [0.717, 1.165) is 20.0 Å². The van der Waals surface area contributed by atoms with Gasteiger partial charge in [0.15, 0.2) is 0 Å². The van der Waals surface area contributed by atoms with Gasteiger partial charge in [-0.05, 0) is 25.1 Å². The van der Waals surface area contributed by atoms with Gasteiger partial charge in [-0.25, -0.2) is 0 Å². The van der Waals surface area contributed by atoms with Gasteiger partial charge in [-0.3, -0.25) is 0 Å². The molecule has 2 rings (SSSR count). The fraction of sp³-hybridized carbons (Fsp3) is 0.100. The molecule has 4 heteroatoms. The molecule has 0 saturated heterocycles. The van der Waals surface area contributed by atoms with Crippen molar-refractivity contribution in [3.05, 3.63) is 34.2 Å². The maximum Gasteiger partial charge on any atom is 0.0936 e. The Hall–Kier alpha value is -1.06. The summed E-state index contributed by atoms with van der Waals surface area (Å²) in [6.45, 7) is 1.76. The summed E-state index contributed by atoms with van der Waals surface area (Å²) >= 11 is 7.59. The normalized spacial score (nSPS) is 12.3. The predicted molar refractivity (Wildman–Crippen MR) is 60.8 cm³/mol.